The molecule has 2 aromatic rings. The number of rotatable bonds is 8. The topological polar surface area (TPSA) is 54.5 Å². The molecule has 2 heterocycles. The van der Waals surface area contributed by atoms with Gasteiger partial charge in [0.2, 0.25) is 0 Å². The van der Waals surface area contributed by atoms with E-state index in [-0.39, 0.29) is 12.0 Å². The first-order valence-electron chi connectivity index (χ1n) is 9.82. The zero-order valence-electron chi connectivity index (χ0n) is 16.6. The van der Waals surface area contributed by atoms with Crippen LogP contribution in [-0.4, -0.2) is 53.0 Å². The van der Waals surface area contributed by atoms with E-state index in [9.17, 15) is 4.79 Å². The maximum absolute atomic E-state index is 12.3. The molecule has 1 amide bonds. The zero-order chi connectivity index (χ0) is 19.8. The molecular formula is C22H29N3O2S. The van der Waals surface area contributed by atoms with E-state index in [4.69, 9.17) is 4.74 Å². The molecule has 6 heteroatoms. The number of carbonyl (C=O) groups excluding carboxylic acids is 1. The van der Waals surface area contributed by atoms with Gasteiger partial charge in [0.05, 0.1) is 0 Å². The van der Waals surface area contributed by atoms with Gasteiger partial charge in [-0.3, -0.25) is 14.7 Å². The Bertz CT molecular complexity index is 731. The maximum atomic E-state index is 12.3. The third kappa shape index (κ3) is 5.97. The van der Waals surface area contributed by atoms with Crippen LogP contribution in [0.1, 0.15) is 35.7 Å². The van der Waals surface area contributed by atoms with Crippen LogP contribution >= 0.6 is 11.8 Å². The molecule has 150 valence electrons. The van der Waals surface area contributed by atoms with Gasteiger partial charge < -0.3 is 10.1 Å². The Morgan fingerprint density at radius 1 is 1.21 bits per heavy atom. The van der Waals surface area contributed by atoms with Gasteiger partial charge in [0.1, 0.15) is 11.9 Å². The van der Waals surface area contributed by atoms with Crippen LogP contribution in [0.3, 0.4) is 0 Å². The van der Waals surface area contributed by atoms with Crippen molar-refractivity contribution in [3.8, 4) is 5.75 Å². The van der Waals surface area contributed by atoms with Crippen molar-refractivity contribution >= 4 is 17.7 Å². The van der Waals surface area contributed by atoms with Gasteiger partial charge in [0, 0.05) is 49.4 Å². The number of hydrogen-bond acceptors (Lipinski definition) is 5. The molecule has 0 saturated carbocycles. The minimum atomic E-state index is -0.0838. The molecule has 5 nitrogen and oxygen atoms in total. The summed E-state index contributed by atoms with van der Waals surface area (Å²) < 4.78 is 6.14. The number of amides is 1. The number of piperidine rings is 1. The third-order valence-corrected chi connectivity index (χ3v) is 5.95. The lowest BCUT2D eigenvalue weighted by Crippen LogP contribution is -2.43. The van der Waals surface area contributed by atoms with Crippen molar-refractivity contribution in [3.63, 3.8) is 0 Å². The number of nitrogens with zero attached hydrogens (tertiary/aromatic N) is 2. The normalized spacial score (nSPS) is 16.5. The second-order valence-electron chi connectivity index (χ2n) is 7.22. The minimum absolute atomic E-state index is 0.0838. The number of benzene rings is 1. The summed E-state index contributed by atoms with van der Waals surface area (Å²) in [5, 5.41) is 2.93. The van der Waals surface area contributed by atoms with Crippen LogP contribution in [0.4, 0.5) is 0 Å². The van der Waals surface area contributed by atoms with Crippen molar-refractivity contribution in [3.05, 3.63) is 59.9 Å². The highest BCUT2D eigenvalue weighted by Crippen LogP contribution is 2.21. The molecule has 1 aliphatic rings. The first kappa shape index (κ1) is 20.7. The largest absolute Gasteiger partial charge is 0.490 e. The second-order valence-corrected chi connectivity index (χ2v) is 8.13. The van der Waals surface area contributed by atoms with Gasteiger partial charge in [-0.15, -0.1) is 0 Å². The summed E-state index contributed by atoms with van der Waals surface area (Å²) in [5.74, 6) is 1.93. The smallest absolute Gasteiger partial charge is 0.251 e. The molecule has 1 aromatic carbocycles. The van der Waals surface area contributed by atoms with E-state index in [1.54, 1.807) is 12.4 Å². The maximum Gasteiger partial charge on any atom is 0.251 e. The van der Waals surface area contributed by atoms with Crippen LogP contribution in [-0.2, 0) is 6.54 Å². The third-order valence-electron chi connectivity index (χ3n) is 5.13. The van der Waals surface area contributed by atoms with E-state index >= 15 is 0 Å². The van der Waals surface area contributed by atoms with Crippen molar-refractivity contribution in [2.24, 2.45) is 0 Å². The molecule has 1 N–H and O–H groups in total. The van der Waals surface area contributed by atoms with Gasteiger partial charge in [-0.1, -0.05) is 0 Å². The minimum Gasteiger partial charge on any atom is -0.490 e. The Morgan fingerprint density at radius 3 is 2.54 bits per heavy atom. The predicted octanol–water partition coefficient (Wildman–Crippen LogP) is 3.61. The molecule has 1 aromatic heterocycles. The van der Waals surface area contributed by atoms with Gasteiger partial charge in [0.15, 0.2) is 0 Å². The van der Waals surface area contributed by atoms with E-state index in [1.165, 1.54) is 5.75 Å². The van der Waals surface area contributed by atoms with Crippen LogP contribution in [0.15, 0.2) is 48.8 Å². The monoisotopic (exact) mass is 399 g/mol. The Kier molecular flexibility index (Phi) is 7.74. The summed E-state index contributed by atoms with van der Waals surface area (Å²) in [6.45, 7) is 4.97. The van der Waals surface area contributed by atoms with Crippen LogP contribution in [0.25, 0.3) is 0 Å². The quantitative estimate of drug-likeness (QED) is 0.735. The summed E-state index contributed by atoms with van der Waals surface area (Å²) in [6.07, 6.45) is 7.96. The van der Waals surface area contributed by atoms with Crippen LogP contribution in [0.5, 0.6) is 5.75 Å². The number of likely N-dealkylation sites (tertiary alicyclic amines) is 1. The summed E-state index contributed by atoms with van der Waals surface area (Å²) in [4.78, 5) is 18.8. The van der Waals surface area contributed by atoms with Gasteiger partial charge in [-0.25, -0.2) is 0 Å². The fourth-order valence-corrected chi connectivity index (χ4v) is 4.14. The molecule has 1 saturated heterocycles. The lowest BCUT2D eigenvalue weighted by Gasteiger charge is -2.35. The standard InChI is InChI=1S/C22H29N3O2S/c1-17(16-28-2)25-13-9-21(10-14-25)27-20-5-3-19(4-6-20)22(26)24-15-18-7-11-23-12-8-18/h3-8,11-12,17,21H,9-10,13-16H2,1-2H3,(H,24,26)/t17-/m0/s1. The molecule has 0 aliphatic carbocycles. The second kappa shape index (κ2) is 10.5. The number of ether oxygens (including phenoxy) is 1. The van der Waals surface area contributed by atoms with E-state index < -0.39 is 0 Å². The highest BCUT2D eigenvalue weighted by Gasteiger charge is 2.23. The lowest BCUT2D eigenvalue weighted by molar-refractivity contribution is 0.0853. The van der Waals surface area contributed by atoms with Gasteiger partial charge in [-0.2, -0.15) is 11.8 Å². The average Bonchev–Trinajstić information content (AvgIpc) is 2.74. The molecule has 0 radical (unpaired) electrons. The van der Waals surface area contributed by atoms with E-state index in [2.05, 4.69) is 28.4 Å². The van der Waals surface area contributed by atoms with Gasteiger partial charge in [0.25, 0.3) is 5.91 Å². The molecule has 1 fully saturated rings. The van der Waals surface area contributed by atoms with Crippen molar-refractivity contribution in [1.29, 1.82) is 0 Å². The highest BCUT2D eigenvalue weighted by molar-refractivity contribution is 7.98. The van der Waals surface area contributed by atoms with Crippen molar-refractivity contribution in [2.45, 2.75) is 38.5 Å². The van der Waals surface area contributed by atoms with Crippen molar-refractivity contribution in [2.75, 3.05) is 25.1 Å². The molecule has 1 atom stereocenters. The summed E-state index contributed by atoms with van der Waals surface area (Å²) >= 11 is 1.90. The number of thioether (sulfide) groups is 1. The first-order valence-corrected chi connectivity index (χ1v) is 11.2. The van der Waals surface area contributed by atoms with Gasteiger partial charge in [-0.05, 0) is 68.0 Å². The number of nitrogens with one attached hydrogen (secondary N) is 1. The Labute approximate surface area is 171 Å². The number of aromatic nitrogens is 1. The summed E-state index contributed by atoms with van der Waals surface area (Å²) in [7, 11) is 0. The molecule has 0 spiro atoms. The summed E-state index contributed by atoms with van der Waals surface area (Å²) in [5.41, 5.74) is 1.67. The van der Waals surface area contributed by atoms with E-state index in [0.29, 0.717) is 18.2 Å². The van der Waals surface area contributed by atoms with E-state index in [0.717, 1.165) is 37.2 Å². The van der Waals surface area contributed by atoms with E-state index in [1.807, 2.05) is 48.2 Å². The fourth-order valence-electron chi connectivity index (χ4n) is 3.44. The Morgan fingerprint density at radius 2 is 1.89 bits per heavy atom. The molecular weight excluding hydrogens is 370 g/mol. The molecule has 0 unspecified atom stereocenters. The van der Waals surface area contributed by atoms with Gasteiger partial charge >= 0.3 is 0 Å². The van der Waals surface area contributed by atoms with Crippen LogP contribution in [0, 0.1) is 0 Å². The molecule has 28 heavy (non-hydrogen) atoms. The van der Waals surface area contributed by atoms with Crippen LogP contribution < -0.4 is 10.1 Å². The summed E-state index contributed by atoms with van der Waals surface area (Å²) in [6, 6.07) is 11.9. The highest BCUT2D eigenvalue weighted by atomic mass is 32.2. The Balaban J connectivity index is 1.45. The number of carbonyl (C=O) groups is 1. The van der Waals surface area contributed by atoms with Crippen molar-refractivity contribution < 1.29 is 9.53 Å². The van der Waals surface area contributed by atoms with Crippen molar-refractivity contribution in [1.82, 2.24) is 15.2 Å². The molecule has 1 aliphatic heterocycles. The SMILES string of the molecule is CSC[C@H](C)N1CCC(Oc2ccc(C(=O)NCc3ccncc3)cc2)CC1. The lowest BCUT2D eigenvalue weighted by atomic mass is 10.1. The average molecular weight is 400 g/mol. The number of hydrogen-bond donors (Lipinski definition) is 1. The predicted molar refractivity (Wildman–Crippen MR) is 115 cm³/mol. The fraction of sp³-hybridized carbons (Fsp3) is 0.455. The zero-order valence-corrected chi connectivity index (χ0v) is 17.5. The first-order chi connectivity index (χ1) is 13.7. The number of pyridine rings is 1. The van der Waals surface area contributed by atoms with Crippen LogP contribution in [0.2, 0.25) is 0 Å². The Hall–Kier alpha value is -2.05. The molecule has 0 bridgehead atoms. The molecule has 3 rings (SSSR count).